The second-order valence-corrected chi connectivity index (χ2v) is 7.21. The van der Waals surface area contributed by atoms with Crippen molar-refractivity contribution in [2.75, 3.05) is 24.3 Å². The number of hydrogen-bond donors (Lipinski definition) is 2. The van der Waals surface area contributed by atoms with Crippen molar-refractivity contribution in [1.29, 1.82) is 0 Å². The van der Waals surface area contributed by atoms with Crippen molar-refractivity contribution in [3.05, 3.63) is 53.6 Å². The Balaban J connectivity index is 2.43. The van der Waals surface area contributed by atoms with Gasteiger partial charge in [-0.3, -0.25) is 9.52 Å². The monoisotopic (exact) mass is 406 g/mol. The summed E-state index contributed by atoms with van der Waals surface area (Å²) in [5.74, 6) is -1.90. The number of methoxy groups -OCH3 is 2. The molecule has 2 aromatic carbocycles. The third kappa shape index (κ3) is 4.86. The second-order valence-electron chi connectivity index (χ2n) is 5.56. The second kappa shape index (κ2) is 8.53. The van der Waals surface area contributed by atoms with Gasteiger partial charge in [0.15, 0.2) is 0 Å². The molecule has 0 aromatic heterocycles. The van der Waals surface area contributed by atoms with E-state index >= 15 is 0 Å². The fourth-order valence-electron chi connectivity index (χ4n) is 2.30. The lowest BCUT2D eigenvalue weighted by molar-refractivity contribution is -0.114. The van der Waals surface area contributed by atoms with Crippen LogP contribution in [0.15, 0.2) is 47.4 Å². The fourth-order valence-corrected chi connectivity index (χ4v) is 3.58. The van der Waals surface area contributed by atoms with Crippen molar-refractivity contribution in [2.45, 2.75) is 11.8 Å². The van der Waals surface area contributed by atoms with E-state index in [2.05, 4.69) is 19.5 Å². The highest BCUT2D eigenvalue weighted by Gasteiger charge is 2.25. The van der Waals surface area contributed by atoms with Gasteiger partial charge in [0.1, 0.15) is 4.90 Å². The van der Waals surface area contributed by atoms with Crippen molar-refractivity contribution in [2.24, 2.45) is 0 Å². The van der Waals surface area contributed by atoms with E-state index < -0.39 is 26.9 Å². The van der Waals surface area contributed by atoms with E-state index in [1.54, 1.807) is 0 Å². The predicted molar refractivity (Wildman–Crippen MR) is 101 cm³/mol. The molecule has 28 heavy (non-hydrogen) atoms. The molecule has 10 heteroatoms. The number of carbonyl (C=O) groups is 3. The third-order valence-corrected chi connectivity index (χ3v) is 4.98. The smallest absolute Gasteiger partial charge is 0.339 e. The molecule has 0 aliphatic heterocycles. The van der Waals surface area contributed by atoms with Gasteiger partial charge in [-0.2, -0.15) is 0 Å². The largest absolute Gasteiger partial charge is 0.465 e. The molecule has 0 heterocycles. The first-order valence-corrected chi connectivity index (χ1v) is 9.37. The maximum absolute atomic E-state index is 12.8. The van der Waals surface area contributed by atoms with Gasteiger partial charge in [-0.15, -0.1) is 0 Å². The van der Waals surface area contributed by atoms with Crippen molar-refractivity contribution in [3.63, 3.8) is 0 Å². The number of esters is 2. The van der Waals surface area contributed by atoms with Crippen LogP contribution in [0.3, 0.4) is 0 Å². The minimum absolute atomic E-state index is 0.0449. The van der Waals surface area contributed by atoms with Crippen LogP contribution in [-0.4, -0.2) is 40.5 Å². The van der Waals surface area contributed by atoms with Gasteiger partial charge in [0.2, 0.25) is 5.91 Å². The normalized spacial score (nSPS) is 10.7. The summed E-state index contributed by atoms with van der Waals surface area (Å²) >= 11 is 0. The van der Waals surface area contributed by atoms with Crippen LogP contribution in [-0.2, 0) is 24.3 Å². The lowest BCUT2D eigenvalue weighted by atomic mass is 10.1. The zero-order chi connectivity index (χ0) is 20.9. The van der Waals surface area contributed by atoms with Gasteiger partial charge in [-0.1, -0.05) is 0 Å². The third-order valence-electron chi connectivity index (χ3n) is 3.56. The van der Waals surface area contributed by atoms with Crippen molar-refractivity contribution in [3.8, 4) is 0 Å². The number of nitrogens with one attached hydrogen (secondary N) is 2. The lowest BCUT2D eigenvalue weighted by Gasteiger charge is -2.13. The summed E-state index contributed by atoms with van der Waals surface area (Å²) in [6.45, 7) is 1.35. The average molecular weight is 406 g/mol. The van der Waals surface area contributed by atoms with E-state index in [0.717, 1.165) is 20.3 Å². The van der Waals surface area contributed by atoms with Crippen molar-refractivity contribution in [1.82, 2.24) is 0 Å². The molecule has 0 aliphatic rings. The topological polar surface area (TPSA) is 128 Å². The van der Waals surface area contributed by atoms with Gasteiger partial charge in [-0.25, -0.2) is 18.0 Å². The summed E-state index contributed by atoms with van der Waals surface area (Å²) < 4.78 is 37.2. The summed E-state index contributed by atoms with van der Waals surface area (Å²) in [5.41, 5.74) is 0.390. The fraction of sp³-hybridized carbons (Fsp3) is 0.167. The van der Waals surface area contributed by atoms with Gasteiger partial charge in [-0.05, 0) is 42.5 Å². The predicted octanol–water partition coefficient (Wildman–Crippen LogP) is 2.02. The molecule has 0 radical (unpaired) electrons. The Hall–Kier alpha value is -3.40. The molecule has 9 nitrogen and oxygen atoms in total. The molecule has 0 bridgehead atoms. The summed E-state index contributed by atoms with van der Waals surface area (Å²) in [4.78, 5) is 34.3. The summed E-state index contributed by atoms with van der Waals surface area (Å²) in [5, 5.41) is 2.56. The number of benzene rings is 2. The number of amides is 1. The summed E-state index contributed by atoms with van der Waals surface area (Å²) in [6.07, 6.45) is 0. The summed E-state index contributed by atoms with van der Waals surface area (Å²) in [6, 6.07) is 9.35. The molecule has 0 atom stereocenters. The number of sulfonamides is 1. The van der Waals surface area contributed by atoms with Crippen LogP contribution in [0.4, 0.5) is 11.4 Å². The minimum atomic E-state index is -4.25. The van der Waals surface area contributed by atoms with Crippen molar-refractivity contribution < 1.29 is 32.3 Å². The van der Waals surface area contributed by atoms with Gasteiger partial charge in [0.25, 0.3) is 10.0 Å². The van der Waals surface area contributed by atoms with Crippen LogP contribution in [0.1, 0.15) is 27.6 Å². The molecule has 148 valence electrons. The molecule has 0 unspecified atom stereocenters. The Bertz CT molecular complexity index is 1010. The Kier molecular flexibility index (Phi) is 6.37. The first-order chi connectivity index (χ1) is 13.2. The highest BCUT2D eigenvalue weighted by Crippen LogP contribution is 2.23. The maximum Gasteiger partial charge on any atom is 0.339 e. The maximum atomic E-state index is 12.8. The van der Waals surface area contributed by atoms with E-state index in [4.69, 9.17) is 0 Å². The number of ether oxygens (including phenoxy) is 2. The Morgan fingerprint density at radius 2 is 1.43 bits per heavy atom. The Morgan fingerprint density at radius 1 is 0.857 bits per heavy atom. The van der Waals surface area contributed by atoms with E-state index in [9.17, 15) is 22.8 Å². The molecule has 0 spiro atoms. The van der Waals surface area contributed by atoms with E-state index in [1.165, 1.54) is 43.3 Å². The first kappa shape index (κ1) is 20.9. The first-order valence-electron chi connectivity index (χ1n) is 7.89. The van der Waals surface area contributed by atoms with E-state index in [1.807, 2.05) is 0 Å². The number of hydrogen-bond acceptors (Lipinski definition) is 7. The highest BCUT2D eigenvalue weighted by molar-refractivity contribution is 7.92. The summed E-state index contributed by atoms with van der Waals surface area (Å²) in [7, 11) is -1.98. The molecular formula is C18H18N2O7S. The van der Waals surface area contributed by atoms with Crippen LogP contribution in [0.2, 0.25) is 0 Å². The molecule has 0 fully saturated rings. The molecule has 0 saturated carbocycles. The molecule has 0 aliphatic carbocycles. The van der Waals surface area contributed by atoms with Crippen LogP contribution < -0.4 is 10.0 Å². The van der Waals surface area contributed by atoms with Gasteiger partial charge < -0.3 is 14.8 Å². The van der Waals surface area contributed by atoms with Crippen LogP contribution >= 0.6 is 0 Å². The quantitative estimate of drug-likeness (QED) is 0.702. The van der Waals surface area contributed by atoms with E-state index in [0.29, 0.717) is 5.69 Å². The standard InChI is InChI=1S/C18H18N2O7S/c1-11(21)19-13-5-7-14(8-6-13)20-28(24,25)16-10-12(17(22)26-2)4-9-15(16)18(23)27-3/h4-10,20H,1-3H3,(H,19,21). The van der Waals surface area contributed by atoms with Gasteiger partial charge in [0, 0.05) is 18.3 Å². The minimum Gasteiger partial charge on any atom is -0.465 e. The lowest BCUT2D eigenvalue weighted by Crippen LogP contribution is -2.19. The van der Waals surface area contributed by atoms with Crippen LogP contribution in [0.25, 0.3) is 0 Å². The molecule has 2 N–H and O–H groups in total. The molecule has 2 aromatic rings. The van der Waals surface area contributed by atoms with Gasteiger partial charge in [0.05, 0.1) is 25.3 Å². The van der Waals surface area contributed by atoms with Gasteiger partial charge >= 0.3 is 11.9 Å². The average Bonchev–Trinajstić information content (AvgIpc) is 2.67. The van der Waals surface area contributed by atoms with Crippen LogP contribution in [0, 0.1) is 0 Å². The van der Waals surface area contributed by atoms with E-state index in [-0.39, 0.29) is 22.7 Å². The number of carbonyl (C=O) groups excluding carboxylic acids is 3. The zero-order valence-electron chi connectivity index (χ0n) is 15.3. The molecule has 0 saturated heterocycles. The Morgan fingerprint density at radius 3 is 1.96 bits per heavy atom. The molecule has 2 rings (SSSR count). The highest BCUT2D eigenvalue weighted by atomic mass is 32.2. The number of anilines is 2. The SMILES string of the molecule is COC(=O)c1ccc(C(=O)OC)c(S(=O)(=O)Nc2ccc(NC(C)=O)cc2)c1. The Labute approximate surface area is 161 Å². The van der Waals surface area contributed by atoms with Crippen LogP contribution in [0.5, 0.6) is 0 Å². The number of rotatable bonds is 6. The zero-order valence-corrected chi connectivity index (χ0v) is 16.1. The molecular weight excluding hydrogens is 388 g/mol. The molecule has 1 amide bonds. The van der Waals surface area contributed by atoms with Crippen molar-refractivity contribution >= 4 is 39.2 Å².